The van der Waals surface area contributed by atoms with Crippen LogP contribution in [-0.2, 0) is 0 Å². The highest BCUT2D eigenvalue weighted by molar-refractivity contribution is 6.03. The van der Waals surface area contributed by atoms with Gasteiger partial charge in [0.05, 0.1) is 11.6 Å². The van der Waals surface area contributed by atoms with Crippen LogP contribution < -0.4 is 0 Å². The quantitative estimate of drug-likeness (QED) is 0.797. The molecule has 0 aliphatic heterocycles. The van der Waals surface area contributed by atoms with Crippen LogP contribution in [0.1, 0.15) is 27.4 Å². The summed E-state index contributed by atoms with van der Waals surface area (Å²) < 4.78 is 26.8. The zero-order chi connectivity index (χ0) is 14.7. The minimum Gasteiger partial charge on any atom is -0.292 e. The summed E-state index contributed by atoms with van der Waals surface area (Å²) in [6.07, 6.45) is 0. The molecule has 0 amide bonds. The number of carbonyl (C=O) groups excluding carboxylic acids is 1. The van der Waals surface area contributed by atoms with Gasteiger partial charge in [-0.1, -0.05) is 35.9 Å². The molecule has 0 saturated carbocycles. The van der Waals surface area contributed by atoms with Gasteiger partial charge >= 0.3 is 0 Å². The molecule has 2 aromatic carbocycles. The lowest BCUT2D eigenvalue weighted by Gasteiger charge is -2.10. The van der Waals surface area contributed by atoms with Crippen molar-refractivity contribution in [1.29, 1.82) is 5.26 Å². The molecule has 0 aliphatic rings. The van der Waals surface area contributed by atoms with Crippen LogP contribution in [0.5, 0.6) is 0 Å². The molecule has 0 aromatic heterocycles. The first-order valence-corrected chi connectivity index (χ1v) is 5.99. The number of halogens is 2. The SMILES string of the molecule is Cc1cccc(C(C#N)C(=O)c2cccc(F)c2F)c1. The van der Waals surface area contributed by atoms with Crippen molar-refractivity contribution in [1.82, 2.24) is 0 Å². The summed E-state index contributed by atoms with van der Waals surface area (Å²) in [6, 6.07) is 12.1. The van der Waals surface area contributed by atoms with Gasteiger partial charge in [0.1, 0.15) is 5.92 Å². The highest BCUT2D eigenvalue weighted by Gasteiger charge is 2.25. The van der Waals surface area contributed by atoms with Crippen LogP contribution in [0.3, 0.4) is 0 Å². The highest BCUT2D eigenvalue weighted by Crippen LogP contribution is 2.23. The van der Waals surface area contributed by atoms with E-state index in [0.717, 1.165) is 11.6 Å². The molecular weight excluding hydrogens is 260 g/mol. The highest BCUT2D eigenvalue weighted by atomic mass is 19.2. The van der Waals surface area contributed by atoms with Crippen LogP contribution in [0.15, 0.2) is 42.5 Å². The zero-order valence-electron chi connectivity index (χ0n) is 10.7. The first-order chi connectivity index (χ1) is 9.54. The summed E-state index contributed by atoms with van der Waals surface area (Å²) in [5.74, 6) is -4.21. The van der Waals surface area contributed by atoms with E-state index < -0.39 is 28.9 Å². The molecule has 1 unspecified atom stereocenters. The molecule has 0 bridgehead atoms. The Morgan fingerprint density at radius 1 is 1.20 bits per heavy atom. The third kappa shape index (κ3) is 2.57. The van der Waals surface area contributed by atoms with Crippen molar-refractivity contribution in [3.05, 3.63) is 70.8 Å². The number of hydrogen-bond acceptors (Lipinski definition) is 2. The van der Waals surface area contributed by atoms with Gasteiger partial charge in [-0.15, -0.1) is 0 Å². The van der Waals surface area contributed by atoms with Crippen LogP contribution in [0.25, 0.3) is 0 Å². The van der Waals surface area contributed by atoms with E-state index in [-0.39, 0.29) is 0 Å². The molecule has 20 heavy (non-hydrogen) atoms. The van der Waals surface area contributed by atoms with Gasteiger partial charge in [0.15, 0.2) is 17.4 Å². The second-order valence-corrected chi connectivity index (χ2v) is 4.44. The van der Waals surface area contributed by atoms with Gasteiger partial charge in [-0.25, -0.2) is 8.78 Å². The summed E-state index contributed by atoms with van der Waals surface area (Å²) >= 11 is 0. The Morgan fingerprint density at radius 3 is 2.55 bits per heavy atom. The first kappa shape index (κ1) is 13.9. The largest absolute Gasteiger partial charge is 0.292 e. The zero-order valence-corrected chi connectivity index (χ0v) is 10.7. The van der Waals surface area contributed by atoms with Gasteiger partial charge in [0, 0.05) is 0 Å². The number of carbonyl (C=O) groups is 1. The smallest absolute Gasteiger partial charge is 0.187 e. The standard InChI is InChI=1S/C16H11F2NO/c1-10-4-2-5-11(8-10)13(9-19)16(20)12-6-3-7-14(17)15(12)18/h2-8,13H,1H3. The van der Waals surface area contributed by atoms with Crippen LogP contribution in [0.4, 0.5) is 8.78 Å². The maximum atomic E-state index is 13.6. The fourth-order valence-electron chi connectivity index (χ4n) is 1.98. The van der Waals surface area contributed by atoms with Crippen molar-refractivity contribution in [2.75, 3.05) is 0 Å². The molecule has 100 valence electrons. The van der Waals surface area contributed by atoms with Crippen LogP contribution >= 0.6 is 0 Å². The number of hydrogen-bond donors (Lipinski definition) is 0. The fraction of sp³-hybridized carbons (Fsp3) is 0.125. The van der Waals surface area contributed by atoms with E-state index in [1.165, 1.54) is 12.1 Å². The van der Waals surface area contributed by atoms with Gasteiger partial charge in [-0.05, 0) is 24.6 Å². The van der Waals surface area contributed by atoms with Crippen molar-refractivity contribution in [3.8, 4) is 6.07 Å². The summed E-state index contributed by atoms with van der Waals surface area (Å²) in [5, 5.41) is 9.18. The average molecular weight is 271 g/mol. The Bertz CT molecular complexity index is 704. The van der Waals surface area contributed by atoms with Crippen molar-refractivity contribution in [3.63, 3.8) is 0 Å². The van der Waals surface area contributed by atoms with Crippen molar-refractivity contribution < 1.29 is 13.6 Å². The van der Waals surface area contributed by atoms with Crippen LogP contribution in [-0.4, -0.2) is 5.78 Å². The van der Waals surface area contributed by atoms with Crippen molar-refractivity contribution in [2.45, 2.75) is 12.8 Å². The molecule has 0 saturated heterocycles. The minimum absolute atomic E-state index is 0.405. The molecule has 0 fully saturated rings. The molecule has 1 atom stereocenters. The van der Waals surface area contributed by atoms with E-state index in [1.54, 1.807) is 18.2 Å². The monoisotopic (exact) mass is 271 g/mol. The second kappa shape index (κ2) is 5.62. The van der Waals surface area contributed by atoms with E-state index in [0.29, 0.717) is 5.56 Å². The summed E-state index contributed by atoms with van der Waals surface area (Å²) in [6.45, 7) is 1.82. The molecule has 0 spiro atoms. The molecule has 2 nitrogen and oxygen atoms in total. The number of aryl methyl sites for hydroxylation is 1. The van der Waals surface area contributed by atoms with E-state index >= 15 is 0 Å². The normalized spacial score (nSPS) is 11.7. The predicted octanol–water partition coefficient (Wildman–Crippen LogP) is 3.76. The molecule has 0 N–H and O–H groups in total. The van der Waals surface area contributed by atoms with Gasteiger partial charge in [0.2, 0.25) is 0 Å². The molecular formula is C16H11F2NO. The first-order valence-electron chi connectivity index (χ1n) is 5.99. The van der Waals surface area contributed by atoms with Gasteiger partial charge in [-0.2, -0.15) is 5.26 Å². The van der Waals surface area contributed by atoms with Gasteiger partial charge < -0.3 is 0 Å². The number of rotatable bonds is 3. The summed E-state index contributed by atoms with van der Waals surface area (Å²) in [4.78, 5) is 12.2. The third-order valence-electron chi connectivity index (χ3n) is 2.98. The van der Waals surface area contributed by atoms with E-state index in [9.17, 15) is 18.8 Å². The van der Waals surface area contributed by atoms with Crippen molar-refractivity contribution >= 4 is 5.78 Å². The summed E-state index contributed by atoms with van der Waals surface area (Å²) in [5.41, 5.74) is 0.953. The fourth-order valence-corrected chi connectivity index (χ4v) is 1.98. The van der Waals surface area contributed by atoms with Crippen LogP contribution in [0.2, 0.25) is 0 Å². The Morgan fingerprint density at radius 2 is 1.90 bits per heavy atom. The Labute approximate surface area is 115 Å². The van der Waals surface area contributed by atoms with E-state index in [2.05, 4.69) is 0 Å². The van der Waals surface area contributed by atoms with E-state index in [4.69, 9.17) is 0 Å². The minimum atomic E-state index is -1.22. The topological polar surface area (TPSA) is 40.9 Å². The second-order valence-electron chi connectivity index (χ2n) is 4.44. The average Bonchev–Trinajstić information content (AvgIpc) is 2.42. The van der Waals surface area contributed by atoms with Gasteiger partial charge in [0.25, 0.3) is 0 Å². The lowest BCUT2D eigenvalue weighted by molar-refractivity contribution is 0.0974. The molecule has 0 radical (unpaired) electrons. The molecule has 0 heterocycles. The Balaban J connectivity index is 2.45. The Kier molecular flexibility index (Phi) is 3.90. The molecule has 2 rings (SSSR count). The summed E-state index contributed by atoms with van der Waals surface area (Å²) in [7, 11) is 0. The van der Waals surface area contributed by atoms with Crippen LogP contribution in [0, 0.1) is 29.9 Å². The lowest BCUT2D eigenvalue weighted by Crippen LogP contribution is -2.14. The number of Topliss-reactive ketones (excluding diaryl/α,β-unsaturated/α-hetero) is 1. The Hall–Kier alpha value is -2.54. The number of ketones is 1. The third-order valence-corrected chi connectivity index (χ3v) is 2.98. The lowest BCUT2D eigenvalue weighted by atomic mass is 9.91. The maximum absolute atomic E-state index is 13.6. The number of benzene rings is 2. The van der Waals surface area contributed by atoms with Crippen molar-refractivity contribution in [2.24, 2.45) is 0 Å². The molecule has 0 aliphatic carbocycles. The van der Waals surface area contributed by atoms with Gasteiger partial charge in [-0.3, -0.25) is 4.79 Å². The molecule has 4 heteroatoms. The predicted molar refractivity (Wildman–Crippen MR) is 70.2 cm³/mol. The molecule has 2 aromatic rings. The van der Waals surface area contributed by atoms with E-state index in [1.807, 2.05) is 19.1 Å². The number of nitriles is 1. The number of nitrogens with zero attached hydrogens (tertiary/aromatic N) is 1. The maximum Gasteiger partial charge on any atom is 0.187 e.